The fraction of sp³-hybridized carbons (Fsp3) is 0.475. The number of pyridine rings is 2. The van der Waals surface area contributed by atoms with Crippen LogP contribution >= 0.6 is 0 Å². The molecule has 1 fully saturated rings. The molecule has 4 nitrogen and oxygen atoms in total. The van der Waals surface area contributed by atoms with Gasteiger partial charge in [0.2, 0.25) is 0 Å². The van der Waals surface area contributed by atoms with E-state index in [0.717, 1.165) is 31.4 Å². The van der Waals surface area contributed by atoms with Gasteiger partial charge in [-0.1, -0.05) is 90.3 Å². The Balaban J connectivity index is 0.000000249. The molecule has 1 N–H and O–H groups in total. The minimum Gasteiger partial charge on any atom is -0.512 e. The van der Waals surface area contributed by atoms with Gasteiger partial charge < -0.3 is 10.1 Å². The van der Waals surface area contributed by atoms with Gasteiger partial charge in [0, 0.05) is 56.6 Å². The molecular weight excluding hydrogens is 733 g/mol. The summed E-state index contributed by atoms with van der Waals surface area (Å²) in [7, 11) is 0. The molecule has 1 spiro atoms. The Labute approximate surface area is 283 Å². The van der Waals surface area contributed by atoms with E-state index in [4.69, 9.17) is 4.98 Å². The molecule has 1 saturated carbocycles. The summed E-state index contributed by atoms with van der Waals surface area (Å²) < 4.78 is 0. The van der Waals surface area contributed by atoms with Crippen molar-refractivity contribution >= 4 is 27.3 Å². The Bertz CT molecular complexity index is 1690. The Morgan fingerprint density at radius 1 is 0.978 bits per heavy atom. The zero-order valence-corrected chi connectivity index (χ0v) is 30.5. The molecular formula is C40H49IrN2O2-. The van der Waals surface area contributed by atoms with Gasteiger partial charge in [-0.15, -0.1) is 23.3 Å². The Hall–Kier alpha value is -2.88. The van der Waals surface area contributed by atoms with Crippen LogP contribution in [0, 0.1) is 17.9 Å². The third-order valence-electron chi connectivity index (χ3n) is 10.2. The molecule has 5 heteroatoms. The first-order valence-electron chi connectivity index (χ1n) is 16.8. The maximum absolute atomic E-state index is 11.7. The second-order valence-electron chi connectivity index (χ2n) is 13.8. The van der Waals surface area contributed by atoms with E-state index in [2.05, 4.69) is 68.4 Å². The van der Waals surface area contributed by atoms with Gasteiger partial charge >= 0.3 is 0 Å². The first-order valence-corrected chi connectivity index (χ1v) is 16.8. The first kappa shape index (κ1) is 35.0. The maximum atomic E-state index is 11.7. The third kappa shape index (κ3) is 6.54. The third-order valence-corrected chi connectivity index (χ3v) is 10.2. The van der Waals surface area contributed by atoms with Gasteiger partial charge in [-0.3, -0.25) is 9.78 Å². The average molecular weight is 782 g/mol. The second-order valence-corrected chi connectivity index (χ2v) is 13.8. The summed E-state index contributed by atoms with van der Waals surface area (Å²) in [6.07, 6.45) is 15.7. The number of hydrogen-bond donors (Lipinski definition) is 1. The minimum atomic E-state index is 0. The monoisotopic (exact) mass is 782 g/mol. The molecule has 2 heterocycles. The maximum Gasteiger partial charge on any atom is 0.162 e. The van der Waals surface area contributed by atoms with Crippen LogP contribution in [-0.2, 0) is 35.7 Å². The molecule has 2 aromatic carbocycles. The number of hydrogen-bond acceptors (Lipinski definition) is 4. The molecule has 2 aliphatic carbocycles. The van der Waals surface area contributed by atoms with Crippen LogP contribution in [0.2, 0.25) is 0 Å². The first-order chi connectivity index (χ1) is 21.1. The van der Waals surface area contributed by atoms with Gasteiger partial charge in [0.15, 0.2) is 5.78 Å². The number of aliphatic hydroxyl groups excluding tert-OH is 1. The van der Waals surface area contributed by atoms with E-state index in [1.54, 1.807) is 0 Å². The molecule has 45 heavy (non-hydrogen) atoms. The van der Waals surface area contributed by atoms with Gasteiger partial charge in [0.1, 0.15) is 0 Å². The summed E-state index contributed by atoms with van der Waals surface area (Å²) in [6, 6.07) is 14.9. The average Bonchev–Trinajstić information content (AvgIpc) is 3.50. The molecule has 2 aliphatic rings. The molecule has 241 valence electrons. The van der Waals surface area contributed by atoms with Crippen molar-refractivity contribution in [3.05, 3.63) is 83.5 Å². The molecule has 0 unspecified atom stereocenters. The summed E-state index contributed by atoms with van der Waals surface area (Å²) in [4.78, 5) is 21.1. The van der Waals surface area contributed by atoms with E-state index in [1.807, 2.05) is 40.1 Å². The smallest absolute Gasteiger partial charge is 0.162 e. The van der Waals surface area contributed by atoms with Gasteiger partial charge in [-0.2, -0.15) is 0 Å². The fourth-order valence-electron chi connectivity index (χ4n) is 7.51. The van der Waals surface area contributed by atoms with Crippen molar-refractivity contribution in [1.29, 1.82) is 0 Å². The summed E-state index contributed by atoms with van der Waals surface area (Å²) >= 11 is 0. The number of carbonyl (C=O) groups excluding carboxylic acids is 1. The second kappa shape index (κ2) is 14.3. The molecule has 6 rings (SSSR count). The van der Waals surface area contributed by atoms with Crippen molar-refractivity contribution in [1.82, 2.24) is 9.97 Å². The van der Waals surface area contributed by atoms with Crippen LogP contribution in [0.5, 0.6) is 0 Å². The van der Waals surface area contributed by atoms with Crippen LogP contribution in [0.15, 0.2) is 60.8 Å². The van der Waals surface area contributed by atoms with E-state index < -0.39 is 0 Å². The predicted molar refractivity (Wildman–Crippen MR) is 183 cm³/mol. The fourth-order valence-corrected chi connectivity index (χ4v) is 7.51. The number of nitrogens with zero attached hydrogens (tertiary/aromatic N) is 2. The molecule has 1 radical (unpaired) electrons. The zero-order chi connectivity index (χ0) is 31.6. The number of ketones is 1. The standard InChI is InChI=1S/C27H25N2.C13H24O2.Ir/c1-26(2,3)19-14-18-9-13-29-25-20-7-6-17-8-12-28-16-21(17)24(20)27(10-4-5-11-27)22(15-19)23(18)25;1-5-10(6-2)12(14)9-13(15)11(7-3)8-4;/h6,8-9,12-16H,4-5,10-11H2,1-3H3;9-11,14H,5-8H2,1-4H3;/q-1;;/b;12-9-;. The predicted octanol–water partition coefficient (Wildman–Crippen LogP) is 10.6. The molecule has 0 bridgehead atoms. The van der Waals surface area contributed by atoms with Gasteiger partial charge in [0.05, 0.1) is 5.76 Å². The van der Waals surface area contributed by atoms with Gasteiger partial charge in [-0.05, 0) is 83.0 Å². The van der Waals surface area contributed by atoms with E-state index in [9.17, 15) is 9.90 Å². The molecule has 0 saturated heterocycles. The van der Waals surface area contributed by atoms with Crippen molar-refractivity contribution in [3.63, 3.8) is 0 Å². The van der Waals surface area contributed by atoms with E-state index in [1.165, 1.54) is 75.6 Å². The van der Waals surface area contributed by atoms with Crippen LogP contribution in [0.4, 0.5) is 0 Å². The molecule has 0 atom stereocenters. The summed E-state index contributed by atoms with van der Waals surface area (Å²) in [6.45, 7) is 15.0. The van der Waals surface area contributed by atoms with Crippen molar-refractivity contribution in [3.8, 4) is 11.3 Å². The molecule has 2 aromatic heterocycles. The Kier molecular flexibility index (Phi) is 11.1. The Morgan fingerprint density at radius 3 is 2.24 bits per heavy atom. The number of fused-ring (bicyclic) bond motifs is 6. The van der Waals surface area contributed by atoms with Crippen LogP contribution in [0.3, 0.4) is 0 Å². The van der Waals surface area contributed by atoms with Crippen molar-refractivity contribution in [2.45, 2.75) is 111 Å². The number of rotatable bonds is 7. The number of benzene rings is 2. The molecule has 0 amide bonds. The van der Waals surface area contributed by atoms with Crippen molar-refractivity contribution in [2.24, 2.45) is 11.8 Å². The quantitative estimate of drug-likeness (QED) is 0.115. The SMILES string of the molecule is CC(C)(C)c1cc2c3c(nccc3c1)-c1[c-]cc3ccncc3c1C21CCCC1.CCC(CC)C(=O)/C=C(\O)C(CC)CC.[Ir]. The summed E-state index contributed by atoms with van der Waals surface area (Å²) in [5.74, 6) is 0.547. The number of aliphatic hydroxyl groups is 1. The van der Waals surface area contributed by atoms with Crippen LogP contribution < -0.4 is 0 Å². The van der Waals surface area contributed by atoms with Crippen LogP contribution in [0.1, 0.15) is 117 Å². The number of allylic oxidation sites excluding steroid dienone is 2. The van der Waals surface area contributed by atoms with E-state index >= 15 is 0 Å². The normalized spacial score (nSPS) is 15.3. The van der Waals surface area contributed by atoms with E-state index in [0.29, 0.717) is 0 Å². The number of carbonyl (C=O) groups is 1. The van der Waals surface area contributed by atoms with Crippen LogP contribution in [0.25, 0.3) is 32.8 Å². The summed E-state index contributed by atoms with van der Waals surface area (Å²) in [5, 5.41) is 14.9. The molecule has 4 aromatic rings. The largest absolute Gasteiger partial charge is 0.512 e. The minimum absolute atomic E-state index is 0. The molecule has 0 aliphatic heterocycles. The van der Waals surface area contributed by atoms with Crippen molar-refractivity contribution in [2.75, 3.05) is 0 Å². The summed E-state index contributed by atoms with van der Waals surface area (Å²) in [5.41, 5.74) is 6.75. The van der Waals surface area contributed by atoms with Gasteiger partial charge in [0.25, 0.3) is 0 Å². The zero-order valence-electron chi connectivity index (χ0n) is 28.1. The van der Waals surface area contributed by atoms with E-state index in [-0.39, 0.29) is 54.3 Å². The number of aromatic nitrogens is 2. The Morgan fingerprint density at radius 2 is 1.62 bits per heavy atom. The topological polar surface area (TPSA) is 63.1 Å². The van der Waals surface area contributed by atoms with Crippen LogP contribution in [-0.4, -0.2) is 20.9 Å². The van der Waals surface area contributed by atoms with Gasteiger partial charge in [-0.25, -0.2) is 0 Å². The van der Waals surface area contributed by atoms with Crippen molar-refractivity contribution < 1.29 is 30.0 Å².